The maximum Gasteiger partial charge on any atom is 0.243 e. The Hall–Kier alpha value is -3.68. The van der Waals surface area contributed by atoms with Crippen molar-refractivity contribution in [1.82, 2.24) is 16.0 Å². The Labute approximate surface area is 237 Å². The Kier molecular flexibility index (Phi) is 12.8. The number of carbonyl (C=O) groups excluding carboxylic acids is 4. The summed E-state index contributed by atoms with van der Waals surface area (Å²) >= 11 is 4.12. The molecule has 2 unspecified atom stereocenters. The molecular weight excluding hydrogens is 543 g/mol. The summed E-state index contributed by atoms with van der Waals surface area (Å²) in [5, 5.41) is 28.5. The first-order valence-electron chi connectivity index (χ1n) is 12.6. The summed E-state index contributed by atoms with van der Waals surface area (Å²) in [5.74, 6) is -2.82. The molecule has 0 heterocycles. The molecule has 0 bridgehead atoms. The number of aliphatic hydroxyl groups is 2. The molecule has 4 amide bonds. The van der Waals surface area contributed by atoms with Crippen LogP contribution in [-0.2, 0) is 25.8 Å². The van der Waals surface area contributed by atoms with Gasteiger partial charge >= 0.3 is 0 Å². The van der Waals surface area contributed by atoms with Crippen molar-refractivity contribution in [3.05, 3.63) is 58.9 Å². The van der Waals surface area contributed by atoms with Gasteiger partial charge in [-0.3, -0.25) is 19.2 Å². The predicted molar refractivity (Wildman–Crippen MR) is 149 cm³/mol. The summed E-state index contributed by atoms with van der Waals surface area (Å²) in [5.41, 5.74) is 1.11. The molecule has 2 aromatic carbocycles. The van der Waals surface area contributed by atoms with E-state index in [0.717, 1.165) is 0 Å². The second-order valence-corrected chi connectivity index (χ2v) is 9.61. The quantitative estimate of drug-likeness (QED) is 0.132. The lowest BCUT2D eigenvalue weighted by Gasteiger charge is -2.15. The molecule has 0 aliphatic carbocycles. The van der Waals surface area contributed by atoms with Crippen LogP contribution in [0.5, 0.6) is 5.75 Å². The van der Waals surface area contributed by atoms with E-state index in [4.69, 9.17) is 4.74 Å². The van der Waals surface area contributed by atoms with E-state index in [1.165, 1.54) is 19.1 Å². The van der Waals surface area contributed by atoms with Gasteiger partial charge in [-0.25, -0.2) is 4.39 Å². The zero-order chi connectivity index (χ0) is 29.8. The van der Waals surface area contributed by atoms with E-state index in [0.29, 0.717) is 23.2 Å². The number of carbonyl (C=O) groups is 4. The maximum atomic E-state index is 14.6. The summed E-state index contributed by atoms with van der Waals surface area (Å²) in [6.45, 7) is 4.53. The molecule has 0 radical (unpaired) electrons. The van der Waals surface area contributed by atoms with Crippen LogP contribution in [0.1, 0.15) is 49.7 Å². The number of halogens is 1. The van der Waals surface area contributed by atoms with Gasteiger partial charge in [0.15, 0.2) is 17.9 Å². The van der Waals surface area contributed by atoms with Crippen molar-refractivity contribution < 1.29 is 38.5 Å². The normalized spacial score (nSPS) is 12.3. The van der Waals surface area contributed by atoms with Crippen molar-refractivity contribution in [3.63, 3.8) is 0 Å². The molecule has 0 spiro atoms. The van der Waals surface area contributed by atoms with E-state index in [-0.39, 0.29) is 43.3 Å². The number of anilines is 1. The number of amides is 4. The lowest BCUT2D eigenvalue weighted by atomic mass is 10.1. The third-order valence-electron chi connectivity index (χ3n) is 5.76. The number of benzene rings is 2. The van der Waals surface area contributed by atoms with E-state index in [2.05, 4.69) is 33.9 Å². The maximum absolute atomic E-state index is 14.6. The van der Waals surface area contributed by atoms with E-state index in [1.807, 2.05) is 6.92 Å². The Balaban J connectivity index is 1.80. The Morgan fingerprint density at radius 3 is 2.45 bits per heavy atom. The first-order valence-corrected chi connectivity index (χ1v) is 13.1. The third-order valence-corrected chi connectivity index (χ3v) is 6.36. The van der Waals surface area contributed by atoms with Crippen LogP contribution in [0.4, 0.5) is 10.1 Å². The standard InChI is InChI=1S/C27H35FN4O7S/c1-4-20(40)26(36)29-11-10-21(33)31-16(3)25(35)30-13-22(34)32-18-7-5-6-17(12-18)14-39-19-9-8-15(2)23(24(19)28)27(37)38/h5-9,12,16,20,27,37-38,40H,4,10-11,13-14H2,1-3H3,(H,29,36)(H,30,35)(H,31,33)(H,32,34). The van der Waals surface area contributed by atoms with Crippen LogP contribution in [0, 0.1) is 12.7 Å². The average Bonchev–Trinajstić information content (AvgIpc) is 2.90. The van der Waals surface area contributed by atoms with E-state index in [9.17, 15) is 33.8 Å². The fourth-order valence-corrected chi connectivity index (χ4v) is 3.60. The number of aryl methyl sites for hydroxylation is 1. The van der Waals surface area contributed by atoms with Gasteiger partial charge in [-0.1, -0.05) is 25.1 Å². The lowest BCUT2D eigenvalue weighted by molar-refractivity contribution is -0.129. The van der Waals surface area contributed by atoms with Gasteiger partial charge in [0.05, 0.1) is 11.8 Å². The zero-order valence-corrected chi connectivity index (χ0v) is 23.4. The van der Waals surface area contributed by atoms with Crippen LogP contribution in [0.2, 0.25) is 0 Å². The predicted octanol–water partition coefficient (Wildman–Crippen LogP) is 1.47. The van der Waals surface area contributed by atoms with Gasteiger partial charge in [-0.2, -0.15) is 12.6 Å². The number of hydrogen-bond acceptors (Lipinski definition) is 8. The third kappa shape index (κ3) is 10.1. The fourth-order valence-electron chi connectivity index (χ4n) is 3.51. The van der Waals surface area contributed by atoms with Crippen LogP contribution >= 0.6 is 12.6 Å². The van der Waals surface area contributed by atoms with Gasteiger partial charge in [-0.15, -0.1) is 0 Å². The molecular formula is C27H35FN4O7S. The van der Waals surface area contributed by atoms with Crippen molar-refractivity contribution in [2.24, 2.45) is 0 Å². The van der Waals surface area contributed by atoms with Gasteiger partial charge < -0.3 is 36.2 Å². The molecule has 0 aliphatic rings. The van der Waals surface area contributed by atoms with E-state index >= 15 is 0 Å². The molecule has 11 nitrogen and oxygen atoms in total. The van der Waals surface area contributed by atoms with Gasteiger partial charge in [0.25, 0.3) is 0 Å². The molecule has 2 aromatic rings. The lowest BCUT2D eigenvalue weighted by Crippen LogP contribution is -2.47. The molecule has 2 rings (SSSR count). The van der Waals surface area contributed by atoms with E-state index < -0.39 is 41.1 Å². The molecule has 0 fully saturated rings. The minimum atomic E-state index is -1.98. The highest BCUT2D eigenvalue weighted by Crippen LogP contribution is 2.28. The van der Waals surface area contributed by atoms with Crippen LogP contribution in [0.15, 0.2) is 36.4 Å². The Morgan fingerprint density at radius 2 is 1.77 bits per heavy atom. The Morgan fingerprint density at radius 1 is 1.05 bits per heavy atom. The Bertz CT molecular complexity index is 1210. The van der Waals surface area contributed by atoms with Crippen molar-refractivity contribution in [2.75, 3.05) is 18.4 Å². The molecule has 0 saturated carbocycles. The molecule has 218 valence electrons. The van der Waals surface area contributed by atoms with Crippen molar-refractivity contribution in [1.29, 1.82) is 0 Å². The van der Waals surface area contributed by atoms with Gasteiger partial charge in [0.1, 0.15) is 12.6 Å². The first-order chi connectivity index (χ1) is 18.9. The number of ether oxygens (including phenoxy) is 1. The molecule has 40 heavy (non-hydrogen) atoms. The summed E-state index contributed by atoms with van der Waals surface area (Å²) in [7, 11) is 0. The van der Waals surface area contributed by atoms with Gasteiger partial charge in [0, 0.05) is 24.2 Å². The van der Waals surface area contributed by atoms with E-state index in [1.54, 1.807) is 31.2 Å². The number of rotatable bonds is 14. The van der Waals surface area contributed by atoms with Crippen LogP contribution in [0.3, 0.4) is 0 Å². The molecule has 2 atom stereocenters. The number of aliphatic hydroxyl groups excluding tert-OH is 1. The number of thiol groups is 1. The minimum absolute atomic E-state index is 0.0186. The average molecular weight is 579 g/mol. The second kappa shape index (κ2) is 15.8. The van der Waals surface area contributed by atoms with Crippen LogP contribution in [0.25, 0.3) is 0 Å². The zero-order valence-electron chi connectivity index (χ0n) is 22.5. The number of nitrogens with one attached hydrogen (secondary N) is 4. The molecule has 0 saturated heterocycles. The monoisotopic (exact) mass is 578 g/mol. The number of hydrogen-bond donors (Lipinski definition) is 7. The second-order valence-electron chi connectivity index (χ2n) is 8.99. The summed E-state index contributed by atoms with van der Waals surface area (Å²) in [6.07, 6.45) is -1.44. The molecule has 0 aliphatic heterocycles. The smallest absolute Gasteiger partial charge is 0.243 e. The van der Waals surface area contributed by atoms with Crippen LogP contribution in [-0.4, -0.2) is 58.2 Å². The van der Waals surface area contributed by atoms with Gasteiger partial charge in [-0.05, 0) is 49.6 Å². The largest absolute Gasteiger partial charge is 0.486 e. The topological polar surface area (TPSA) is 166 Å². The van der Waals surface area contributed by atoms with Gasteiger partial charge in [0.2, 0.25) is 23.6 Å². The summed E-state index contributed by atoms with van der Waals surface area (Å²) in [6, 6.07) is 8.56. The highest BCUT2D eigenvalue weighted by molar-refractivity contribution is 7.81. The highest BCUT2D eigenvalue weighted by atomic mass is 32.1. The molecule has 13 heteroatoms. The van der Waals surface area contributed by atoms with Crippen molar-refractivity contribution >= 4 is 41.9 Å². The molecule has 0 aromatic heterocycles. The summed E-state index contributed by atoms with van der Waals surface area (Å²) < 4.78 is 20.1. The van der Waals surface area contributed by atoms with Crippen molar-refractivity contribution in [3.8, 4) is 5.75 Å². The summed E-state index contributed by atoms with van der Waals surface area (Å²) in [4.78, 5) is 48.3. The molecule has 6 N–H and O–H groups in total. The highest BCUT2D eigenvalue weighted by Gasteiger charge is 2.19. The van der Waals surface area contributed by atoms with Crippen molar-refractivity contribution in [2.45, 2.75) is 57.8 Å². The van der Waals surface area contributed by atoms with Crippen LogP contribution < -0.4 is 26.0 Å². The minimum Gasteiger partial charge on any atom is -0.486 e. The first kappa shape index (κ1) is 32.5. The fraction of sp³-hybridized carbons (Fsp3) is 0.407. The SMILES string of the molecule is CCC(S)C(=O)NCCC(=O)NC(C)C(=O)NCC(=O)Nc1cccc(COc2ccc(C)c(C(O)O)c2F)c1.